The first kappa shape index (κ1) is 9.71. The van der Waals surface area contributed by atoms with E-state index in [-0.39, 0.29) is 0 Å². The Morgan fingerprint density at radius 2 is 2.36 bits per heavy atom. The Kier molecular flexibility index (Phi) is 2.35. The molecule has 1 saturated carbocycles. The SMILES string of the molecule is CCn1cc(C(C)(O)C2CCC2)cn1. The van der Waals surface area contributed by atoms with Crippen molar-refractivity contribution in [3.63, 3.8) is 0 Å². The Balaban J connectivity index is 2.19. The van der Waals surface area contributed by atoms with Crippen molar-refractivity contribution < 1.29 is 5.11 Å². The summed E-state index contributed by atoms with van der Waals surface area (Å²) >= 11 is 0. The van der Waals surface area contributed by atoms with Gasteiger partial charge in [-0.15, -0.1) is 0 Å². The molecule has 3 heteroatoms. The van der Waals surface area contributed by atoms with Crippen LogP contribution < -0.4 is 0 Å². The van der Waals surface area contributed by atoms with Crippen molar-refractivity contribution >= 4 is 0 Å². The minimum Gasteiger partial charge on any atom is -0.385 e. The van der Waals surface area contributed by atoms with Crippen LogP contribution in [0.15, 0.2) is 12.4 Å². The van der Waals surface area contributed by atoms with Crippen LogP contribution in [0.4, 0.5) is 0 Å². The summed E-state index contributed by atoms with van der Waals surface area (Å²) in [7, 11) is 0. The molecule has 1 aliphatic carbocycles. The van der Waals surface area contributed by atoms with E-state index in [9.17, 15) is 5.11 Å². The highest BCUT2D eigenvalue weighted by molar-refractivity contribution is 5.16. The summed E-state index contributed by atoms with van der Waals surface area (Å²) < 4.78 is 1.86. The molecule has 1 fully saturated rings. The van der Waals surface area contributed by atoms with Crippen molar-refractivity contribution in [3.05, 3.63) is 18.0 Å². The molecule has 0 amide bonds. The van der Waals surface area contributed by atoms with Crippen LogP contribution in [0.25, 0.3) is 0 Å². The third-order valence-electron chi connectivity index (χ3n) is 3.44. The Morgan fingerprint density at radius 1 is 1.64 bits per heavy atom. The average Bonchev–Trinajstić information content (AvgIpc) is 2.47. The largest absolute Gasteiger partial charge is 0.385 e. The molecular weight excluding hydrogens is 176 g/mol. The minimum atomic E-state index is -0.675. The molecule has 78 valence electrons. The second-order valence-electron chi connectivity index (χ2n) is 4.36. The summed E-state index contributed by atoms with van der Waals surface area (Å²) in [5.74, 6) is 0.428. The first-order valence-electron chi connectivity index (χ1n) is 5.40. The van der Waals surface area contributed by atoms with Crippen LogP contribution in [0.1, 0.15) is 38.7 Å². The molecule has 0 aliphatic heterocycles. The number of rotatable bonds is 3. The molecule has 1 aromatic heterocycles. The molecule has 0 bridgehead atoms. The van der Waals surface area contributed by atoms with Crippen LogP contribution in [0.2, 0.25) is 0 Å². The lowest BCUT2D eigenvalue weighted by molar-refractivity contribution is -0.0399. The highest BCUT2D eigenvalue weighted by Gasteiger charge is 2.38. The summed E-state index contributed by atoms with van der Waals surface area (Å²) in [6, 6.07) is 0. The van der Waals surface area contributed by atoms with Gasteiger partial charge in [-0.25, -0.2) is 0 Å². The van der Waals surface area contributed by atoms with Gasteiger partial charge in [0.2, 0.25) is 0 Å². The second-order valence-corrected chi connectivity index (χ2v) is 4.36. The normalized spacial score (nSPS) is 21.6. The molecule has 1 N–H and O–H groups in total. The van der Waals surface area contributed by atoms with Gasteiger partial charge in [0.1, 0.15) is 0 Å². The third-order valence-corrected chi connectivity index (χ3v) is 3.44. The van der Waals surface area contributed by atoms with Gasteiger partial charge in [0.05, 0.1) is 11.8 Å². The van der Waals surface area contributed by atoms with E-state index in [0.29, 0.717) is 5.92 Å². The molecule has 0 spiro atoms. The fourth-order valence-corrected chi connectivity index (χ4v) is 2.00. The fraction of sp³-hybridized carbons (Fsp3) is 0.727. The Hall–Kier alpha value is -0.830. The van der Waals surface area contributed by atoms with Gasteiger partial charge in [-0.05, 0) is 32.6 Å². The number of nitrogens with zero attached hydrogens (tertiary/aromatic N) is 2. The van der Waals surface area contributed by atoms with E-state index in [1.54, 1.807) is 6.20 Å². The van der Waals surface area contributed by atoms with Gasteiger partial charge < -0.3 is 5.11 Å². The zero-order chi connectivity index (χ0) is 10.2. The number of aromatic nitrogens is 2. The van der Waals surface area contributed by atoms with E-state index in [0.717, 1.165) is 24.9 Å². The van der Waals surface area contributed by atoms with Crippen LogP contribution in [-0.4, -0.2) is 14.9 Å². The van der Waals surface area contributed by atoms with E-state index in [1.807, 2.05) is 17.8 Å². The van der Waals surface area contributed by atoms with Gasteiger partial charge in [0, 0.05) is 18.3 Å². The lowest BCUT2D eigenvalue weighted by atomic mass is 9.71. The van der Waals surface area contributed by atoms with Crippen LogP contribution >= 0.6 is 0 Å². The zero-order valence-corrected chi connectivity index (χ0v) is 8.90. The summed E-state index contributed by atoms with van der Waals surface area (Å²) in [6.07, 6.45) is 7.29. The second kappa shape index (κ2) is 3.39. The average molecular weight is 194 g/mol. The number of aryl methyl sites for hydroxylation is 1. The quantitative estimate of drug-likeness (QED) is 0.798. The molecule has 3 nitrogen and oxygen atoms in total. The van der Waals surface area contributed by atoms with E-state index >= 15 is 0 Å². The third kappa shape index (κ3) is 1.46. The maximum Gasteiger partial charge on any atom is 0.0926 e. The summed E-state index contributed by atoms with van der Waals surface area (Å²) in [6.45, 7) is 4.82. The predicted molar refractivity (Wildman–Crippen MR) is 54.8 cm³/mol. The number of aliphatic hydroxyl groups is 1. The van der Waals surface area contributed by atoms with Gasteiger partial charge in [0.25, 0.3) is 0 Å². The van der Waals surface area contributed by atoms with Crippen molar-refractivity contribution in [2.45, 2.75) is 45.3 Å². The predicted octanol–water partition coefficient (Wildman–Crippen LogP) is 1.91. The molecule has 2 rings (SSSR count). The highest BCUT2D eigenvalue weighted by Crippen LogP contribution is 2.41. The molecule has 1 heterocycles. The summed E-state index contributed by atoms with van der Waals surface area (Å²) in [5, 5.41) is 14.6. The number of hydrogen-bond acceptors (Lipinski definition) is 2. The van der Waals surface area contributed by atoms with Crippen molar-refractivity contribution in [1.29, 1.82) is 0 Å². The molecule has 1 aliphatic rings. The lowest BCUT2D eigenvalue weighted by Gasteiger charge is -2.38. The van der Waals surface area contributed by atoms with Gasteiger partial charge >= 0.3 is 0 Å². The van der Waals surface area contributed by atoms with Crippen LogP contribution in [-0.2, 0) is 12.1 Å². The summed E-state index contributed by atoms with van der Waals surface area (Å²) in [5.41, 5.74) is 0.287. The molecular formula is C11H18N2O. The molecule has 0 aromatic carbocycles. The standard InChI is InChI=1S/C11H18N2O/c1-3-13-8-10(7-12-13)11(2,14)9-5-4-6-9/h7-9,14H,3-6H2,1-2H3. The van der Waals surface area contributed by atoms with Crippen molar-refractivity contribution in [2.24, 2.45) is 5.92 Å². The topological polar surface area (TPSA) is 38.0 Å². The van der Waals surface area contributed by atoms with Crippen molar-refractivity contribution in [2.75, 3.05) is 0 Å². The first-order chi connectivity index (χ1) is 6.64. The molecule has 1 aromatic rings. The van der Waals surface area contributed by atoms with Crippen molar-refractivity contribution in [3.8, 4) is 0 Å². The van der Waals surface area contributed by atoms with Gasteiger partial charge in [-0.1, -0.05) is 6.42 Å². The van der Waals surface area contributed by atoms with E-state index in [1.165, 1.54) is 6.42 Å². The van der Waals surface area contributed by atoms with Crippen molar-refractivity contribution in [1.82, 2.24) is 9.78 Å². The van der Waals surface area contributed by atoms with Gasteiger partial charge in [-0.3, -0.25) is 4.68 Å². The fourth-order valence-electron chi connectivity index (χ4n) is 2.00. The van der Waals surface area contributed by atoms with Crippen LogP contribution in [0.3, 0.4) is 0 Å². The van der Waals surface area contributed by atoms with Gasteiger partial charge in [0.15, 0.2) is 0 Å². The molecule has 14 heavy (non-hydrogen) atoms. The van der Waals surface area contributed by atoms with Crippen LogP contribution in [0, 0.1) is 5.92 Å². The maximum atomic E-state index is 10.4. The Bertz CT molecular complexity index is 313. The highest BCUT2D eigenvalue weighted by atomic mass is 16.3. The maximum absolute atomic E-state index is 10.4. The molecule has 1 atom stereocenters. The smallest absolute Gasteiger partial charge is 0.0926 e. The Morgan fingerprint density at radius 3 is 2.79 bits per heavy atom. The zero-order valence-electron chi connectivity index (χ0n) is 8.90. The molecule has 0 radical (unpaired) electrons. The lowest BCUT2D eigenvalue weighted by Crippen LogP contribution is -2.35. The molecule has 1 unspecified atom stereocenters. The van der Waals surface area contributed by atoms with E-state index in [2.05, 4.69) is 12.0 Å². The minimum absolute atomic E-state index is 0.428. The number of hydrogen-bond donors (Lipinski definition) is 1. The molecule has 0 saturated heterocycles. The van der Waals surface area contributed by atoms with Crippen LogP contribution in [0.5, 0.6) is 0 Å². The van der Waals surface area contributed by atoms with E-state index in [4.69, 9.17) is 0 Å². The first-order valence-corrected chi connectivity index (χ1v) is 5.40. The van der Waals surface area contributed by atoms with Gasteiger partial charge in [-0.2, -0.15) is 5.10 Å². The Labute approximate surface area is 84.7 Å². The monoisotopic (exact) mass is 194 g/mol. The summed E-state index contributed by atoms with van der Waals surface area (Å²) in [4.78, 5) is 0. The van der Waals surface area contributed by atoms with E-state index < -0.39 is 5.60 Å².